The van der Waals surface area contributed by atoms with E-state index in [0.29, 0.717) is 18.3 Å². The Labute approximate surface area is 185 Å². The van der Waals surface area contributed by atoms with Crippen LogP contribution in [0.3, 0.4) is 0 Å². The Morgan fingerprint density at radius 3 is 2.84 bits per heavy atom. The molecule has 0 spiro atoms. The van der Waals surface area contributed by atoms with Crippen molar-refractivity contribution in [1.82, 2.24) is 19.8 Å². The standard InChI is InChI=1S/C26H34N4O/c1-4-24(31)30-15-9-12-21(17-30)25-23(22-13-8-14-27-26(22)28-25)18-29(3)16-19(2)20-10-6-5-7-11-20/h5-8,10-11,13-14,19,21H,4,9,12,15-18H2,1-3H3,(H,27,28)/t19-,21-/m1/s1. The molecule has 1 saturated heterocycles. The molecule has 1 amide bonds. The zero-order valence-corrected chi connectivity index (χ0v) is 19.0. The van der Waals surface area contributed by atoms with Gasteiger partial charge in [-0.25, -0.2) is 4.98 Å². The van der Waals surface area contributed by atoms with E-state index < -0.39 is 0 Å². The van der Waals surface area contributed by atoms with Crippen molar-refractivity contribution in [2.45, 2.75) is 51.5 Å². The second-order valence-corrected chi connectivity index (χ2v) is 8.96. The van der Waals surface area contributed by atoms with E-state index in [1.807, 2.05) is 24.1 Å². The number of benzene rings is 1. The third-order valence-corrected chi connectivity index (χ3v) is 6.58. The molecule has 4 rings (SSSR count). The average Bonchev–Trinajstić information content (AvgIpc) is 3.17. The number of nitrogens with one attached hydrogen (secondary N) is 1. The fourth-order valence-corrected chi connectivity index (χ4v) is 4.97. The molecule has 0 saturated carbocycles. The molecule has 2 aromatic heterocycles. The molecule has 1 aliphatic rings. The van der Waals surface area contributed by atoms with Gasteiger partial charge >= 0.3 is 0 Å². The minimum absolute atomic E-state index is 0.259. The summed E-state index contributed by atoms with van der Waals surface area (Å²) >= 11 is 0. The molecule has 0 unspecified atom stereocenters. The number of aromatic amines is 1. The molecule has 0 bridgehead atoms. The highest BCUT2D eigenvalue weighted by atomic mass is 16.2. The SMILES string of the molecule is CCC(=O)N1CCC[C@@H](c2[nH]c3ncccc3c2CN(C)C[C@@H](C)c2ccccc2)C1. The minimum atomic E-state index is 0.259. The molecule has 0 aliphatic carbocycles. The molecule has 1 aromatic carbocycles. The third kappa shape index (κ3) is 4.82. The van der Waals surface area contributed by atoms with Gasteiger partial charge in [0, 0.05) is 55.8 Å². The van der Waals surface area contributed by atoms with Crippen LogP contribution in [0.5, 0.6) is 0 Å². The average molecular weight is 419 g/mol. The van der Waals surface area contributed by atoms with Gasteiger partial charge < -0.3 is 14.8 Å². The predicted octanol–water partition coefficient (Wildman–Crippen LogP) is 4.91. The van der Waals surface area contributed by atoms with E-state index in [4.69, 9.17) is 0 Å². The number of hydrogen-bond donors (Lipinski definition) is 1. The van der Waals surface area contributed by atoms with Crippen LogP contribution in [0.25, 0.3) is 11.0 Å². The molecule has 2 atom stereocenters. The van der Waals surface area contributed by atoms with E-state index in [1.54, 1.807) is 0 Å². The van der Waals surface area contributed by atoms with Crippen molar-refractivity contribution in [3.05, 3.63) is 65.5 Å². The molecular weight excluding hydrogens is 384 g/mol. The normalized spacial score (nSPS) is 17.9. The number of carbonyl (C=O) groups is 1. The summed E-state index contributed by atoms with van der Waals surface area (Å²) in [4.78, 5) is 25.0. The van der Waals surface area contributed by atoms with E-state index in [9.17, 15) is 4.79 Å². The van der Waals surface area contributed by atoms with Crippen molar-refractivity contribution in [1.29, 1.82) is 0 Å². The van der Waals surface area contributed by atoms with Crippen molar-refractivity contribution in [3.8, 4) is 0 Å². The van der Waals surface area contributed by atoms with E-state index in [0.717, 1.165) is 44.7 Å². The lowest BCUT2D eigenvalue weighted by Gasteiger charge is -2.33. The van der Waals surface area contributed by atoms with Crippen LogP contribution in [0.1, 0.15) is 61.8 Å². The van der Waals surface area contributed by atoms with Crippen LogP contribution in [0.4, 0.5) is 0 Å². The first-order chi connectivity index (χ1) is 15.1. The van der Waals surface area contributed by atoms with Gasteiger partial charge in [0.2, 0.25) is 5.91 Å². The van der Waals surface area contributed by atoms with Crippen LogP contribution < -0.4 is 0 Å². The molecule has 1 N–H and O–H groups in total. The number of H-pyrrole nitrogens is 1. The molecule has 31 heavy (non-hydrogen) atoms. The Bertz CT molecular complexity index is 1010. The lowest BCUT2D eigenvalue weighted by atomic mass is 9.91. The number of amides is 1. The van der Waals surface area contributed by atoms with Gasteiger partial charge in [0.1, 0.15) is 5.65 Å². The Kier molecular flexibility index (Phi) is 6.71. The largest absolute Gasteiger partial charge is 0.343 e. The molecular formula is C26H34N4O. The quantitative estimate of drug-likeness (QED) is 0.593. The zero-order chi connectivity index (χ0) is 21.8. The van der Waals surface area contributed by atoms with Gasteiger partial charge in [-0.15, -0.1) is 0 Å². The Balaban J connectivity index is 1.57. The van der Waals surface area contributed by atoms with Gasteiger partial charge in [-0.2, -0.15) is 0 Å². The fourth-order valence-electron chi connectivity index (χ4n) is 4.97. The first kappa shape index (κ1) is 21.6. The third-order valence-electron chi connectivity index (χ3n) is 6.58. The number of likely N-dealkylation sites (N-methyl/N-ethyl adjacent to an activating group) is 1. The summed E-state index contributed by atoms with van der Waals surface area (Å²) in [5.41, 5.74) is 4.93. The van der Waals surface area contributed by atoms with Gasteiger partial charge in [0.25, 0.3) is 0 Å². The first-order valence-electron chi connectivity index (χ1n) is 11.5. The van der Waals surface area contributed by atoms with Crippen LogP contribution in [-0.4, -0.2) is 52.4 Å². The summed E-state index contributed by atoms with van der Waals surface area (Å²) in [7, 11) is 2.20. The smallest absolute Gasteiger partial charge is 0.222 e. The minimum Gasteiger partial charge on any atom is -0.343 e. The van der Waals surface area contributed by atoms with Gasteiger partial charge in [-0.05, 0) is 49.1 Å². The van der Waals surface area contributed by atoms with Crippen molar-refractivity contribution < 1.29 is 4.79 Å². The monoisotopic (exact) mass is 418 g/mol. The Morgan fingerprint density at radius 2 is 2.06 bits per heavy atom. The second-order valence-electron chi connectivity index (χ2n) is 8.96. The number of rotatable bonds is 7. The molecule has 1 aliphatic heterocycles. The Hall–Kier alpha value is -2.66. The molecule has 3 heterocycles. The summed E-state index contributed by atoms with van der Waals surface area (Å²) in [6.45, 7) is 7.78. The second kappa shape index (κ2) is 9.65. The van der Waals surface area contributed by atoms with Gasteiger partial charge in [0.05, 0.1) is 0 Å². The van der Waals surface area contributed by atoms with Crippen LogP contribution in [0.2, 0.25) is 0 Å². The lowest BCUT2D eigenvalue weighted by molar-refractivity contribution is -0.132. The number of hydrogen-bond acceptors (Lipinski definition) is 3. The maximum absolute atomic E-state index is 12.3. The summed E-state index contributed by atoms with van der Waals surface area (Å²) in [6.07, 6.45) is 4.59. The van der Waals surface area contributed by atoms with E-state index >= 15 is 0 Å². The Morgan fingerprint density at radius 1 is 1.26 bits per heavy atom. The van der Waals surface area contributed by atoms with Crippen LogP contribution >= 0.6 is 0 Å². The lowest BCUT2D eigenvalue weighted by Crippen LogP contribution is -2.39. The van der Waals surface area contributed by atoms with Crippen LogP contribution in [0, 0.1) is 0 Å². The van der Waals surface area contributed by atoms with Crippen molar-refractivity contribution in [2.75, 3.05) is 26.7 Å². The van der Waals surface area contributed by atoms with Crippen molar-refractivity contribution in [3.63, 3.8) is 0 Å². The fraction of sp³-hybridized carbons (Fsp3) is 0.462. The molecule has 5 heteroatoms. The van der Waals surface area contributed by atoms with Crippen molar-refractivity contribution in [2.24, 2.45) is 0 Å². The maximum Gasteiger partial charge on any atom is 0.222 e. The van der Waals surface area contributed by atoms with Gasteiger partial charge in [-0.3, -0.25) is 4.79 Å². The van der Waals surface area contributed by atoms with Gasteiger partial charge in [0.15, 0.2) is 0 Å². The maximum atomic E-state index is 12.3. The van der Waals surface area contributed by atoms with E-state index in [-0.39, 0.29) is 5.91 Å². The van der Waals surface area contributed by atoms with Gasteiger partial charge in [-0.1, -0.05) is 44.2 Å². The highest BCUT2D eigenvalue weighted by Gasteiger charge is 2.28. The summed E-state index contributed by atoms with van der Waals surface area (Å²) < 4.78 is 0. The van der Waals surface area contributed by atoms with Crippen LogP contribution in [0.15, 0.2) is 48.7 Å². The van der Waals surface area contributed by atoms with E-state index in [2.05, 4.69) is 65.2 Å². The molecule has 0 radical (unpaired) electrons. The summed E-state index contributed by atoms with van der Waals surface area (Å²) in [5.74, 6) is 1.06. The number of pyridine rings is 1. The van der Waals surface area contributed by atoms with Crippen molar-refractivity contribution >= 4 is 16.9 Å². The van der Waals surface area contributed by atoms with E-state index in [1.165, 1.54) is 22.2 Å². The molecule has 1 fully saturated rings. The number of likely N-dealkylation sites (tertiary alicyclic amines) is 1. The first-order valence-corrected chi connectivity index (χ1v) is 11.5. The molecule has 5 nitrogen and oxygen atoms in total. The molecule has 164 valence electrons. The number of nitrogens with zero attached hydrogens (tertiary/aromatic N) is 3. The number of piperidine rings is 1. The van der Waals surface area contributed by atoms with Crippen LogP contribution in [-0.2, 0) is 11.3 Å². The highest BCUT2D eigenvalue weighted by Crippen LogP contribution is 2.33. The summed E-state index contributed by atoms with van der Waals surface area (Å²) in [5, 5.41) is 1.20. The zero-order valence-electron chi connectivity index (χ0n) is 19.0. The highest BCUT2D eigenvalue weighted by molar-refractivity contribution is 5.81. The topological polar surface area (TPSA) is 52.2 Å². The molecule has 3 aromatic rings. The number of fused-ring (bicyclic) bond motifs is 1. The number of carbonyl (C=O) groups excluding carboxylic acids is 1. The predicted molar refractivity (Wildman–Crippen MR) is 126 cm³/mol. The summed E-state index contributed by atoms with van der Waals surface area (Å²) in [6, 6.07) is 14.9. The number of aromatic nitrogens is 2.